The van der Waals surface area contributed by atoms with Crippen LogP contribution < -0.4 is 5.32 Å². The number of nitrogens with zero attached hydrogens (tertiary/aromatic N) is 1. The Hall–Kier alpha value is -2.44. The number of carbonyl (C=O) groups excluding carboxylic acids is 2. The normalized spacial score (nSPS) is 9.67. The van der Waals surface area contributed by atoms with E-state index < -0.39 is 16.8 Å². The van der Waals surface area contributed by atoms with Gasteiger partial charge in [-0.3, -0.25) is 19.7 Å². The van der Waals surface area contributed by atoms with Gasteiger partial charge in [0.2, 0.25) is 0 Å². The third kappa shape index (κ3) is 3.27. The number of benzene rings is 1. The molecule has 1 N–H and O–H groups in total. The van der Waals surface area contributed by atoms with Gasteiger partial charge in [0.15, 0.2) is 0 Å². The molecule has 18 heavy (non-hydrogen) atoms. The molecule has 96 valence electrons. The second-order valence-corrected chi connectivity index (χ2v) is 3.52. The van der Waals surface area contributed by atoms with Gasteiger partial charge < -0.3 is 10.1 Å². The Morgan fingerprint density at radius 1 is 1.44 bits per heavy atom. The predicted octanol–water partition coefficient (Wildman–Crippen LogP) is 0.806. The zero-order valence-corrected chi connectivity index (χ0v) is 9.93. The van der Waals surface area contributed by atoms with Gasteiger partial charge in [-0.1, -0.05) is 0 Å². The molecule has 0 atom stereocenters. The Morgan fingerprint density at radius 2 is 2.11 bits per heavy atom. The number of nitrogens with one attached hydrogen (secondary N) is 1. The number of amides is 1. The van der Waals surface area contributed by atoms with Crippen LogP contribution in [0.2, 0.25) is 0 Å². The third-order valence-corrected chi connectivity index (χ3v) is 2.28. The van der Waals surface area contributed by atoms with E-state index in [4.69, 9.17) is 0 Å². The summed E-state index contributed by atoms with van der Waals surface area (Å²) in [5.41, 5.74) is 0.576. The zero-order valence-electron chi connectivity index (χ0n) is 9.93. The lowest BCUT2D eigenvalue weighted by Gasteiger charge is -2.05. The van der Waals surface area contributed by atoms with Crippen LogP contribution in [-0.4, -0.2) is 30.5 Å². The summed E-state index contributed by atoms with van der Waals surface area (Å²) in [7, 11) is 1.21. The van der Waals surface area contributed by atoms with Crippen LogP contribution in [0.25, 0.3) is 0 Å². The van der Waals surface area contributed by atoms with E-state index >= 15 is 0 Å². The average molecular weight is 252 g/mol. The van der Waals surface area contributed by atoms with E-state index in [-0.39, 0.29) is 17.8 Å². The summed E-state index contributed by atoms with van der Waals surface area (Å²) in [6.07, 6.45) is 0. The molecule has 0 radical (unpaired) electrons. The number of carbonyl (C=O) groups is 2. The quantitative estimate of drug-likeness (QED) is 0.485. The molecule has 1 aromatic carbocycles. The molecule has 0 aliphatic carbocycles. The lowest BCUT2D eigenvalue weighted by atomic mass is 10.1. The van der Waals surface area contributed by atoms with Crippen LogP contribution in [0, 0.1) is 17.0 Å². The van der Waals surface area contributed by atoms with Gasteiger partial charge in [-0.2, -0.15) is 0 Å². The minimum absolute atomic E-state index is 0.0560. The first-order valence-corrected chi connectivity index (χ1v) is 5.05. The summed E-state index contributed by atoms with van der Waals surface area (Å²) < 4.78 is 4.37. The van der Waals surface area contributed by atoms with E-state index in [0.717, 1.165) is 0 Å². The molecular formula is C11H12N2O5. The summed E-state index contributed by atoms with van der Waals surface area (Å²) in [5, 5.41) is 12.9. The first kappa shape index (κ1) is 13.6. The molecule has 0 bridgehead atoms. The van der Waals surface area contributed by atoms with Crippen molar-refractivity contribution in [2.45, 2.75) is 6.92 Å². The number of esters is 1. The molecule has 0 spiro atoms. The molecule has 0 saturated heterocycles. The van der Waals surface area contributed by atoms with Crippen molar-refractivity contribution in [2.24, 2.45) is 0 Å². The number of ether oxygens (including phenoxy) is 1. The second-order valence-electron chi connectivity index (χ2n) is 3.52. The van der Waals surface area contributed by atoms with Gasteiger partial charge in [-0.15, -0.1) is 0 Å². The number of hydrogen-bond acceptors (Lipinski definition) is 5. The highest BCUT2D eigenvalue weighted by Crippen LogP contribution is 2.18. The van der Waals surface area contributed by atoms with Crippen LogP contribution in [0.15, 0.2) is 18.2 Å². The van der Waals surface area contributed by atoms with E-state index in [2.05, 4.69) is 10.1 Å². The molecule has 0 heterocycles. The van der Waals surface area contributed by atoms with E-state index in [0.29, 0.717) is 5.56 Å². The summed E-state index contributed by atoms with van der Waals surface area (Å²) in [6, 6.07) is 3.98. The molecule has 0 aliphatic rings. The van der Waals surface area contributed by atoms with E-state index in [9.17, 15) is 19.7 Å². The lowest BCUT2D eigenvalue weighted by Crippen LogP contribution is -2.30. The minimum atomic E-state index is -0.568. The van der Waals surface area contributed by atoms with Gasteiger partial charge >= 0.3 is 5.97 Å². The van der Waals surface area contributed by atoms with Gasteiger partial charge in [-0.05, 0) is 19.1 Å². The van der Waals surface area contributed by atoms with Crippen LogP contribution in [0.4, 0.5) is 5.69 Å². The monoisotopic (exact) mass is 252 g/mol. The van der Waals surface area contributed by atoms with Crippen molar-refractivity contribution in [1.29, 1.82) is 0 Å². The molecular weight excluding hydrogens is 240 g/mol. The number of aryl methyl sites for hydroxylation is 1. The lowest BCUT2D eigenvalue weighted by molar-refractivity contribution is -0.385. The Bertz CT molecular complexity index is 498. The van der Waals surface area contributed by atoms with Gasteiger partial charge in [0, 0.05) is 17.2 Å². The van der Waals surface area contributed by atoms with Crippen molar-refractivity contribution < 1.29 is 19.2 Å². The maximum Gasteiger partial charge on any atom is 0.325 e. The fourth-order valence-corrected chi connectivity index (χ4v) is 1.33. The third-order valence-electron chi connectivity index (χ3n) is 2.28. The molecule has 0 saturated carbocycles. The molecule has 0 aliphatic heterocycles. The van der Waals surface area contributed by atoms with Crippen molar-refractivity contribution in [2.75, 3.05) is 13.7 Å². The van der Waals surface area contributed by atoms with Crippen molar-refractivity contribution in [3.63, 3.8) is 0 Å². The fraction of sp³-hybridized carbons (Fsp3) is 0.273. The van der Waals surface area contributed by atoms with Crippen molar-refractivity contribution in [3.05, 3.63) is 39.4 Å². The Balaban J connectivity index is 2.79. The average Bonchev–Trinajstić information content (AvgIpc) is 2.34. The number of nitro groups is 1. The number of hydrogen-bond donors (Lipinski definition) is 1. The summed E-state index contributed by atoms with van der Waals surface area (Å²) in [5.74, 6) is -1.06. The van der Waals surface area contributed by atoms with E-state index in [1.165, 1.54) is 32.2 Å². The predicted molar refractivity (Wildman–Crippen MR) is 62.2 cm³/mol. The largest absolute Gasteiger partial charge is 0.468 e. The Morgan fingerprint density at radius 3 is 2.61 bits per heavy atom. The van der Waals surface area contributed by atoms with Gasteiger partial charge in [-0.25, -0.2) is 0 Å². The van der Waals surface area contributed by atoms with Crippen LogP contribution in [0.3, 0.4) is 0 Å². The van der Waals surface area contributed by atoms with Crippen LogP contribution >= 0.6 is 0 Å². The summed E-state index contributed by atoms with van der Waals surface area (Å²) in [4.78, 5) is 32.5. The van der Waals surface area contributed by atoms with Crippen molar-refractivity contribution >= 4 is 17.6 Å². The molecule has 1 aromatic rings. The van der Waals surface area contributed by atoms with Gasteiger partial charge in [0.25, 0.3) is 11.6 Å². The molecule has 1 rings (SSSR count). The fourth-order valence-electron chi connectivity index (χ4n) is 1.33. The molecule has 7 nitrogen and oxygen atoms in total. The SMILES string of the molecule is COC(=O)CNC(=O)c1ccc([N+](=O)[O-])c(C)c1. The van der Waals surface area contributed by atoms with E-state index in [1.807, 2.05) is 0 Å². The van der Waals surface area contributed by atoms with Crippen LogP contribution in [0.5, 0.6) is 0 Å². The van der Waals surface area contributed by atoms with E-state index in [1.54, 1.807) is 0 Å². The highest BCUT2D eigenvalue weighted by molar-refractivity contribution is 5.96. The molecule has 1 amide bonds. The number of methoxy groups -OCH3 is 1. The standard InChI is InChI=1S/C11H12N2O5/c1-7-5-8(3-4-9(7)13(16)17)11(15)12-6-10(14)18-2/h3-5H,6H2,1-2H3,(H,12,15). The summed E-state index contributed by atoms with van der Waals surface area (Å²) >= 11 is 0. The van der Waals surface area contributed by atoms with Crippen LogP contribution in [-0.2, 0) is 9.53 Å². The van der Waals surface area contributed by atoms with Gasteiger partial charge in [0.05, 0.1) is 12.0 Å². The first-order chi connectivity index (χ1) is 8.45. The van der Waals surface area contributed by atoms with Crippen molar-refractivity contribution in [1.82, 2.24) is 5.32 Å². The second kappa shape index (κ2) is 5.76. The van der Waals surface area contributed by atoms with Crippen molar-refractivity contribution in [3.8, 4) is 0 Å². The highest BCUT2D eigenvalue weighted by atomic mass is 16.6. The molecule has 0 unspecified atom stereocenters. The topological polar surface area (TPSA) is 98.5 Å². The smallest absolute Gasteiger partial charge is 0.325 e. The molecule has 0 aromatic heterocycles. The first-order valence-electron chi connectivity index (χ1n) is 5.05. The minimum Gasteiger partial charge on any atom is -0.468 e. The maximum atomic E-state index is 11.6. The van der Waals surface area contributed by atoms with Crippen LogP contribution in [0.1, 0.15) is 15.9 Å². The molecule has 7 heteroatoms. The maximum absolute atomic E-state index is 11.6. The Kier molecular flexibility index (Phi) is 4.36. The summed E-state index contributed by atoms with van der Waals surface area (Å²) in [6.45, 7) is 1.29. The number of nitro benzene ring substituents is 1. The van der Waals surface area contributed by atoms with Gasteiger partial charge in [0.1, 0.15) is 6.54 Å². The molecule has 0 fully saturated rings. The number of rotatable bonds is 4. The highest BCUT2D eigenvalue weighted by Gasteiger charge is 2.14. The zero-order chi connectivity index (χ0) is 13.7. The Labute approximate surface area is 103 Å².